The molecule has 3 heteroatoms. The van der Waals surface area contributed by atoms with Crippen molar-refractivity contribution in [3.05, 3.63) is 0 Å². The van der Waals surface area contributed by atoms with Crippen LogP contribution in [0.1, 0.15) is 6.92 Å². The van der Waals surface area contributed by atoms with E-state index < -0.39 is 0 Å². The van der Waals surface area contributed by atoms with Gasteiger partial charge in [0.2, 0.25) is 0 Å². The maximum Gasteiger partial charge on any atom is 0.107 e. The van der Waals surface area contributed by atoms with Crippen LogP contribution in [-0.4, -0.2) is 36.6 Å². The zero-order valence-electron chi connectivity index (χ0n) is 5.99. The van der Waals surface area contributed by atoms with Crippen LogP contribution in [0.4, 0.5) is 0 Å². The van der Waals surface area contributed by atoms with Gasteiger partial charge in [-0.3, -0.25) is 0 Å². The summed E-state index contributed by atoms with van der Waals surface area (Å²) in [5.41, 5.74) is 0. The summed E-state index contributed by atoms with van der Waals surface area (Å²) in [6.07, 6.45) is -0.241. The van der Waals surface area contributed by atoms with E-state index in [1.807, 2.05) is 6.92 Å². The van der Waals surface area contributed by atoms with Gasteiger partial charge in [0, 0.05) is 5.92 Å². The number of hydrogen-bond donors (Lipinski definition) is 1. The summed E-state index contributed by atoms with van der Waals surface area (Å²) in [6.45, 7) is 3.21. The fraction of sp³-hybridized carbons (Fsp3) is 1.00. The lowest BCUT2D eigenvalue weighted by atomic mass is 10.0. The van der Waals surface area contributed by atoms with Gasteiger partial charge in [-0.1, -0.05) is 6.92 Å². The van der Waals surface area contributed by atoms with Gasteiger partial charge in [-0.2, -0.15) is 0 Å². The minimum Gasteiger partial charge on any atom is -0.390 e. The molecule has 2 saturated heterocycles. The molecule has 1 N–H and O–H groups in total. The predicted octanol–water partition coefficient (Wildman–Crippen LogP) is -0.219. The molecule has 3 nitrogen and oxygen atoms in total. The lowest BCUT2D eigenvalue weighted by molar-refractivity contribution is -0.113. The first-order chi connectivity index (χ1) is 4.79. The molecule has 2 bridgehead atoms. The van der Waals surface area contributed by atoms with E-state index in [-0.39, 0.29) is 24.2 Å². The molecule has 2 fully saturated rings. The molecule has 2 aliphatic heterocycles. The molecule has 0 saturated carbocycles. The van der Waals surface area contributed by atoms with Gasteiger partial charge in [-0.15, -0.1) is 0 Å². The van der Waals surface area contributed by atoms with Gasteiger partial charge in [-0.05, 0) is 0 Å². The van der Waals surface area contributed by atoms with Crippen LogP contribution in [-0.2, 0) is 9.47 Å². The normalized spacial score (nSPS) is 53.4. The van der Waals surface area contributed by atoms with Crippen LogP contribution in [0.25, 0.3) is 0 Å². The molecule has 0 amide bonds. The van der Waals surface area contributed by atoms with Gasteiger partial charge >= 0.3 is 0 Å². The maximum absolute atomic E-state index is 9.46. The molecule has 2 rings (SSSR count). The van der Waals surface area contributed by atoms with Gasteiger partial charge in [0.15, 0.2) is 0 Å². The topological polar surface area (TPSA) is 38.7 Å². The highest BCUT2D eigenvalue weighted by molar-refractivity contribution is 4.90. The van der Waals surface area contributed by atoms with E-state index in [1.165, 1.54) is 0 Å². The Morgan fingerprint density at radius 3 is 2.60 bits per heavy atom. The van der Waals surface area contributed by atoms with Crippen LogP contribution in [0.3, 0.4) is 0 Å². The van der Waals surface area contributed by atoms with Crippen molar-refractivity contribution in [3.63, 3.8) is 0 Å². The number of aliphatic hydroxyl groups excluding tert-OH is 1. The monoisotopic (exact) mass is 144 g/mol. The maximum atomic E-state index is 9.46. The number of fused-ring (bicyclic) bond motifs is 2. The van der Waals surface area contributed by atoms with Crippen molar-refractivity contribution in [2.45, 2.75) is 25.2 Å². The zero-order valence-corrected chi connectivity index (χ0v) is 5.99. The van der Waals surface area contributed by atoms with Gasteiger partial charge in [0.1, 0.15) is 6.10 Å². The second kappa shape index (κ2) is 2.19. The predicted molar refractivity (Wildman–Crippen MR) is 34.7 cm³/mol. The Hall–Kier alpha value is -0.120. The zero-order chi connectivity index (χ0) is 7.14. The molecular formula is C7H12O3. The van der Waals surface area contributed by atoms with Gasteiger partial charge in [0.25, 0.3) is 0 Å². The lowest BCUT2D eigenvalue weighted by Gasteiger charge is -2.20. The molecule has 0 aromatic heterocycles. The van der Waals surface area contributed by atoms with E-state index >= 15 is 0 Å². The Labute approximate surface area is 59.9 Å². The van der Waals surface area contributed by atoms with E-state index in [9.17, 15) is 5.11 Å². The third-order valence-electron chi connectivity index (χ3n) is 2.42. The standard InChI is InChI=1S/C7H12O3/c1-4-5-2-9-3-6(10-5)7(4)8/h4-8H,2-3H2,1H3/t4-,5-,6+,7+/m0/s1. The largest absolute Gasteiger partial charge is 0.390 e. The molecule has 0 radical (unpaired) electrons. The molecule has 0 aromatic rings. The number of hydrogen-bond acceptors (Lipinski definition) is 3. The van der Waals surface area contributed by atoms with Crippen molar-refractivity contribution < 1.29 is 14.6 Å². The van der Waals surface area contributed by atoms with Crippen molar-refractivity contribution in [3.8, 4) is 0 Å². The third-order valence-corrected chi connectivity index (χ3v) is 2.42. The molecule has 0 spiro atoms. The van der Waals surface area contributed by atoms with Crippen molar-refractivity contribution in [1.82, 2.24) is 0 Å². The number of rotatable bonds is 0. The third kappa shape index (κ3) is 0.779. The number of aliphatic hydroxyl groups is 1. The highest BCUT2D eigenvalue weighted by atomic mass is 16.6. The Kier molecular flexibility index (Phi) is 1.44. The van der Waals surface area contributed by atoms with Crippen molar-refractivity contribution in [2.75, 3.05) is 13.2 Å². The minimum absolute atomic E-state index is 0.0613. The second-order valence-electron chi connectivity index (χ2n) is 3.10. The molecule has 0 unspecified atom stereocenters. The molecular weight excluding hydrogens is 132 g/mol. The average Bonchev–Trinajstić information content (AvgIpc) is 2.17. The van der Waals surface area contributed by atoms with E-state index in [1.54, 1.807) is 0 Å². The van der Waals surface area contributed by atoms with E-state index in [0.29, 0.717) is 13.2 Å². The summed E-state index contributed by atoms with van der Waals surface area (Å²) in [7, 11) is 0. The van der Waals surface area contributed by atoms with Crippen LogP contribution >= 0.6 is 0 Å². The number of ether oxygens (including phenoxy) is 2. The van der Waals surface area contributed by atoms with Crippen LogP contribution in [0.15, 0.2) is 0 Å². The van der Waals surface area contributed by atoms with Crippen LogP contribution in [0.5, 0.6) is 0 Å². The summed E-state index contributed by atoms with van der Waals surface area (Å²) in [4.78, 5) is 0. The summed E-state index contributed by atoms with van der Waals surface area (Å²) >= 11 is 0. The summed E-state index contributed by atoms with van der Waals surface area (Å²) in [5.74, 6) is 0.243. The average molecular weight is 144 g/mol. The summed E-state index contributed by atoms with van der Waals surface area (Å²) in [5, 5.41) is 9.46. The summed E-state index contributed by atoms with van der Waals surface area (Å²) in [6, 6.07) is 0. The lowest BCUT2D eigenvalue weighted by Crippen LogP contribution is -2.31. The van der Waals surface area contributed by atoms with Crippen molar-refractivity contribution in [1.29, 1.82) is 0 Å². The van der Waals surface area contributed by atoms with Crippen molar-refractivity contribution >= 4 is 0 Å². The molecule has 2 aliphatic rings. The Bertz CT molecular complexity index is 119. The van der Waals surface area contributed by atoms with E-state index in [4.69, 9.17) is 9.47 Å². The first kappa shape index (κ1) is 6.58. The SMILES string of the molecule is C[C@@H]1[C@@H](O)[C@H]2COC[C@@H]1O2. The quantitative estimate of drug-likeness (QED) is 0.511. The molecule has 2 heterocycles. The highest BCUT2D eigenvalue weighted by Crippen LogP contribution is 2.30. The fourth-order valence-corrected chi connectivity index (χ4v) is 1.62. The fourth-order valence-electron chi connectivity index (χ4n) is 1.62. The first-order valence-electron chi connectivity index (χ1n) is 3.70. The van der Waals surface area contributed by atoms with Gasteiger partial charge < -0.3 is 14.6 Å². The van der Waals surface area contributed by atoms with E-state index in [2.05, 4.69) is 0 Å². The molecule has 0 aliphatic carbocycles. The Morgan fingerprint density at radius 2 is 2.00 bits per heavy atom. The second-order valence-corrected chi connectivity index (χ2v) is 3.10. The van der Waals surface area contributed by atoms with Gasteiger partial charge in [-0.25, -0.2) is 0 Å². The molecule has 10 heavy (non-hydrogen) atoms. The minimum atomic E-state index is -0.313. The molecule has 58 valence electrons. The van der Waals surface area contributed by atoms with Crippen LogP contribution in [0, 0.1) is 5.92 Å². The molecule has 4 atom stereocenters. The molecule has 0 aromatic carbocycles. The van der Waals surface area contributed by atoms with Gasteiger partial charge in [0.05, 0.1) is 25.4 Å². The summed E-state index contributed by atoms with van der Waals surface area (Å²) < 4.78 is 10.7. The highest BCUT2D eigenvalue weighted by Gasteiger charge is 2.43. The Balaban J connectivity index is 2.13. The Morgan fingerprint density at radius 1 is 1.30 bits per heavy atom. The smallest absolute Gasteiger partial charge is 0.107 e. The van der Waals surface area contributed by atoms with Crippen LogP contribution < -0.4 is 0 Å². The van der Waals surface area contributed by atoms with Crippen molar-refractivity contribution in [2.24, 2.45) is 5.92 Å². The first-order valence-corrected chi connectivity index (χ1v) is 3.70. The van der Waals surface area contributed by atoms with Crippen LogP contribution in [0.2, 0.25) is 0 Å². The van der Waals surface area contributed by atoms with E-state index in [0.717, 1.165) is 0 Å².